The Morgan fingerprint density at radius 2 is 1.70 bits per heavy atom. The summed E-state index contributed by atoms with van der Waals surface area (Å²) in [4.78, 5) is 2.26. The Morgan fingerprint density at radius 1 is 0.900 bits per heavy atom. The van der Waals surface area contributed by atoms with E-state index in [0.717, 1.165) is 14.9 Å². The number of fused-ring (bicyclic) bond motifs is 1. The number of rotatable bonds is 3. The monoisotopic (exact) mass is 344 g/mol. The molecule has 0 radical (unpaired) electrons. The van der Waals surface area contributed by atoms with Crippen LogP contribution in [0.25, 0.3) is 10.8 Å². The molecule has 0 fully saturated rings. The largest absolute Gasteiger partial charge is 0.392 e. The van der Waals surface area contributed by atoms with Gasteiger partial charge in [0.05, 0.1) is 6.61 Å². The standard InChI is InChI=1S/C17H13BrOS/c18-15-7-5-14(11-19)17(10-15)20-16-8-6-12-3-1-2-4-13(12)9-16/h1-10,19H,11H2. The molecule has 0 heterocycles. The van der Waals surface area contributed by atoms with Crippen molar-refractivity contribution in [3.63, 3.8) is 0 Å². The van der Waals surface area contributed by atoms with E-state index in [0.29, 0.717) is 0 Å². The van der Waals surface area contributed by atoms with E-state index in [9.17, 15) is 5.11 Å². The lowest BCUT2D eigenvalue weighted by Crippen LogP contribution is -1.87. The van der Waals surface area contributed by atoms with Crippen LogP contribution in [0.5, 0.6) is 0 Å². The Bertz CT molecular complexity index is 755. The molecule has 0 amide bonds. The van der Waals surface area contributed by atoms with Crippen LogP contribution < -0.4 is 0 Å². The summed E-state index contributed by atoms with van der Waals surface area (Å²) in [6.07, 6.45) is 0. The van der Waals surface area contributed by atoms with Crippen molar-refractivity contribution in [2.24, 2.45) is 0 Å². The van der Waals surface area contributed by atoms with Gasteiger partial charge < -0.3 is 5.11 Å². The SMILES string of the molecule is OCc1ccc(Br)cc1Sc1ccc2ccccc2c1. The van der Waals surface area contributed by atoms with Crippen molar-refractivity contribution in [2.75, 3.05) is 0 Å². The smallest absolute Gasteiger partial charge is 0.0692 e. The van der Waals surface area contributed by atoms with Gasteiger partial charge in [-0.05, 0) is 40.6 Å². The minimum absolute atomic E-state index is 0.0587. The summed E-state index contributed by atoms with van der Waals surface area (Å²) in [5.74, 6) is 0. The maximum atomic E-state index is 9.43. The second kappa shape index (κ2) is 6.00. The summed E-state index contributed by atoms with van der Waals surface area (Å²) >= 11 is 5.16. The highest BCUT2D eigenvalue weighted by Gasteiger charge is 2.05. The van der Waals surface area contributed by atoms with Crippen LogP contribution in [0.2, 0.25) is 0 Å². The average molecular weight is 345 g/mol. The average Bonchev–Trinajstić information content (AvgIpc) is 2.47. The van der Waals surface area contributed by atoms with Gasteiger partial charge in [-0.2, -0.15) is 0 Å². The van der Waals surface area contributed by atoms with Crippen LogP contribution in [0.3, 0.4) is 0 Å². The van der Waals surface area contributed by atoms with Crippen molar-refractivity contribution < 1.29 is 5.11 Å². The summed E-state index contributed by atoms with van der Waals surface area (Å²) in [5, 5.41) is 11.9. The summed E-state index contributed by atoms with van der Waals surface area (Å²) in [7, 11) is 0. The van der Waals surface area contributed by atoms with Gasteiger partial charge in [-0.3, -0.25) is 0 Å². The normalized spacial score (nSPS) is 10.9. The zero-order valence-corrected chi connectivity index (χ0v) is 13.1. The zero-order chi connectivity index (χ0) is 13.9. The van der Waals surface area contributed by atoms with Gasteiger partial charge in [-0.25, -0.2) is 0 Å². The quantitative estimate of drug-likeness (QED) is 0.700. The highest BCUT2D eigenvalue weighted by molar-refractivity contribution is 9.10. The van der Waals surface area contributed by atoms with Crippen LogP contribution in [0.1, 0.15) is 5.56 Å². The van der Waals surface area contributed by atoms with E-state index < -0.39 is 0 Å². The molecule has 1 nitrogen and oxygen atoms in total. The van der Waals surface area contributed by atoms with Gasteiger partial charge >= 0.3 is 0 Å². The fourth-order valence-corrected chi connectivity index (χ4v) is 3.65. The number of halogens is 1. The lowest BCUT2D eigenvalue weighted by molar-refractivity contribution is 0.279. The first kappa shape index (κ1) is 13.7. The molecule has 0 spiro atoms. The summed E-state index contributed by atoms with van der Waals surface area (Å²) in [5.41, 5.74) is 0.950. The fraction of sp³-hybridized carbons (Fsp3) is 0.0588. The third-order valence-electron chi connectivity index (χ3n) is 3.15. The minimum atomic E-state index is 0.0587. The van der Waals surface area contributed by atoms with Crippen molar-refractivity contribution in [1.82, 2.24) is 0 Å². The zero-order valence-electron chi connectivity index (χ0n) is 10.7. The molecule has 0 unspecified atom stereocenters. The van der Waals surface area contributed by atoms with E-state index >= 15 is 0 Å². The number of aliphatic hydroxyl groups excluding tert-OH is 1. The van der Waals surface area contributed by atoms with Gasteiger partial charge in [0.15, 0.2) is 0 Å². The third-order valence-corrected chi connectivity index (χ3v) is 4.73. The van der Waals surface area contributed by atoms with Gasteiger partial charge in [-0.15, -0.1) is 0 Å². The molecule has 3 rings (SSSR count). The van der Waals surface area contributed by atoms with E-state index in [1.807, 2.05) is 24.3 Å². The van der Waals surface area contributed by atoms with Crippen LogP contribution in [0, 0.1) is 0 Å². The maximum Gasteiger partial charge on any atom is 0.0692 e. The van der Waals surface area contributed by atoms with Crippen LogP contribution in [0.4, 0.5) is 0 Å². The van der Waals surface area contributed by atoms with E-state index in [4.69, 9.17) is 0 Å². The summed E-state index contributed by atoms with van der Waals surface area (Å²) < 4.78 is 1.03. The van der Waals surface area contributed by atoms with Crippen molar-refractivity contribution in [3.05, 3.63) is 70.7 Å². The first-order chi connectivity index (χ1) is 9.76. The number of aliphatic hydroxyl groups is 1. The van der Waals surface area contributed by atoms with Crippen LogP contribution >= 0.6 is 27.7 Å². The first-order valence-electron chi connectivity index (χ1n) is 6.32. The molecule has 100 valence electrons. The lowest BCUT2D eigenvalue weighted by Gasteiger charge is -2.08. The van der Waals surface area contributed by atoms with Crippen molar-refractivity contribution in [1.29, 1.82) is 0 Å². The molecular weight excluding hydrogens is 332 g/mol. The topological polar surface area (TPSA) is 20.2 Å². The van der Waals surface area contributed by atoms with E-state index in [1.54, 1.807) is 11.8 Å². The molecule has 0 saturated carbocycles. The first-order valence-corrected chi connectivity index (χ1v) is 7.93. The molecule has 0 aliphatic heterocycles. The second-order valence-electron chi connectivity index (χ2n) is 4.52. The van der Waals surface area contributed by atoms with Gasteiger partial charge in [0.2, 0.25) is 0 Å². The Balaban J connectivity index is 1.98. The van der Waals surface area contributed by atoms with E-state index in [1.165, 1.54) is 15.7 Å². The van der Waals surface area contributed by atoms with Gasteiger partial charge in [0.25, 0.3) is 0 Å². The molecule has 1 N–H and O–H groups in total. The molecule has 0 atom stereocenters. The highest BCUT2D eigenvalue weighted by Crippen LogP contribution is 2.34. The molecule has 0 bridgehead atoms. The maximum absolute atomic E-state index is 9.43. The Labute approximate surface area is 130 Å². The predicted octanol–water partition coefficient (Wildman–Crippen LogP) is 5.25. The summed E-state index contributed by atoms with van der Waals surface area (Å²) in [6.45, 7) is 0.0587. The highest BCUT2D eigenvalue weighted by atomic mass is 79.9. The van der Waals surface area contributed by atoms with Crippen LogP contribution in [-0.4, -0.2) is 5.11 Å². The summed E-state index contributed by atoms with van der Waals surface area (Å²) in [6, 6.07) is 20.7. The lowest BCUT2D eigenvalue weighted by atomic mass is 10.1. The van der Waals surface area contributed by atoms with Gasteiger partial charge in [0, 0.05) is 14.3 Å². The molecule has 3 aromatic rings. The molecule has 3 aromatic carbocycles. The molecule has 20 heavy (non-hydrogen) atoms. The number of hydrogen-bond donors (Lipinski definition) is 1. The van der Waals surface area contributed by atoms with Crippen LogP contribution in [-0.2, 0) is 6.61 Å². The van der Waals surface area contributed by atoms with E-state index in [2.05, 4.69) is 52.3 Å². The molecule has 0 aliphatic carbocycles. The molecule has 0 aliphatic rings. The van der Waals surface area contributed by atoms with Crippen molar-refractivity contribution in [2.45, 2.75) is 16.4 Å². The number of hydrogen-bond acceptors (Lipinski definition) is 2. The van der Waals surface area contributed by atoms with Gasteiger partial charge in [0.1, 0.15) is 0 Å². The Morgan fingerprint density at radius 3 is 2.50 bits per heavy atom. The Kier molecular flexibility index (Phi) is 4.10. The fourth-order valence-electron chi connectivity index (χ4n) is 2.11. The molecule has 3 heteroatoms. The predicted molar refractivity (Wildman–Crippen MR) is 88.1 cm³/mol. The number of benzene rings is 3. The minimum Gasteiger partial charge on any atom is -0.392 e. The molecular formula is C17H13BrOS. The third kappa shape index (κ3) is 2.90. The molecule has 0 aromatic heterocycles. The van der Waals surface area contributed by atoms with Crippen LogP contribution in [0.15, 0.2) is 74.9 Å². The second-order valence-corrected chi connectivity index (χ2v) is 6.55. The van der Waals surface area contributed by atoms with Crippen molar-refractivity contribution in [3.8, 4) is 0 Å². The van der Waals surface area contributed by atoms with Gasteiger partial charge in [-0.1, -0.05) is 64.1 Å². The molecule has 0 saturated heterocycles. The van der Waals surface area contributed by atoms with Crippen molar-refractivity contribution >= 4 is 38.5 Å². The Hall–Kier alpha value is -1.29. The van der Waals surface area contributed by atoms with E-state index in [-0.39, 0.29) is 6.61 Å².